The van der Waals surface area contributed by atoms with Gasteiger partial charge in [-0.3, -0.25) is 4.79 Å². The van der Waals surface area contributed by atoms with E-state index < -0.39 is 0 Å². The zero-order valence-corrected chi connectivity index (χ0v) is 8.67. The third kappa shape index (κ3) is 2.55. The first kappa shape index (κ1) is 10.7. The van der Waals surface area contributed by atoms with Gasteiger partial charge in [0.1, 0.15) is 11.6 Å². The second kappa shape index (κ2) is 4.22. The van der Waals surface area contributed by atoms with Gasteiger partial charge >= 0.3 is 0 Å². The topological polar surface area (TPSA) is 20.3 Å². The molecule has 0 radical (unpaired) electrons. The largest absolute Gasteiger partial charge is 0.367 e. The number of likely N-dealkylation sites (N-methyl/N-ethyl adjacent to an activating group) is 1. The van der Waals surface area contributed by atoms with Gasteiger partial charge in [-0.25, -0.2) is 4.39 Å². The molecule has 0 saturated heterocycles. The molecule has 0 aliphatic heterocycles. The van der Waals surface area contributed by atoms with Crippen LogP contribution in [-0.4, -0.2) is 19.4 Å². The lowest BCUT2D eigenvalue weighted by atomic mass is 10.2. The molecule has 0 bridgehead atoms. The first-order valence-electron chi connectivity index (χ1n) is 4.47. The van der Waals surface area contributed by atoms with Crippen molar-refractivity contribution in [1.29, 1.82) is 0 Å². The summed E-state index contributed by atoms with van der Waals surface area (Å²) in [5, 5.41) is 0. The average molecular weight is 195 g/mol. The van der Waals surface area contributed by atoms with Crippen LogP contribution >= 0.6 is 0 Å². The first-order valence-corrected chi connectivity index (χ1v) is 4.47. The van der Waals surface area contributed by atoms with Crippen LogP contribution < -0.4 is 4.90 Å². The maximum atomic E-state index is 12.8. The molecule has 14 heavy (non-hydrogen) atoms. The molecule has 0 fully saturated rings. The van der Waals surface area contributed by atoms with Gasteiger partial charge in [-0.05, 0) is 37.6 Å². The molecule has 0 saturated carbocycles. The summed E-state index contributed by atoms with van der Waals surface area (Å²) in [6.07, 6.45) is 0. The Labute approximate surface area is 83.3 Å². The Kier molecular flexibility index (Phi) is 3.23. The predicted octanol–water partition coefficient (Wildman–Crippen LogP) is 2.16. The van der Waals surface area contributed by atoms with Crippen LogP contribution in [0, 0.1) is 12.7 Å². The Bertz CT molecular complexity index is 349. The van der Waals surface area contributed by atoms with E-state index >= 15 is 0 Å². The van der Waals surface area contributed by atoms with Gasteiger partial charge in [0.15, 0.2) is 0 Å². The molecule has 1 aromatic rings. The van der Waals surface area contributed by atoms with Crippen molar-refractivity contribution in [3.05, 3.63) is 29.6 Å². The predicted molar refractivity (Wildman–Crippen MR) is 55.1 cm³/mol. The van der Waals surface area contributed by atoms with Crippen LogP contribution in [0.1, 0.15) is 12.5 Å². The first-order chi connectivity index (χ1) is 6.50. The summed E-state index contributed by atoms with van der Waals surface area (Å²) in [6, 6.07) is 4.55. The highest BCUT2D eigenvalue weighted by atomic mass is 19.1. The van der Waals surface area contributed by atoms with Gasteiger partial charge in [-0.2, -0.15) is 0 Å². The summed E-state index contributed by atoms with van der Waals surface area (Å²) in [4.78, 5) is 12.7. The SMILES string of the molecule is CC(=O)CN(C)c1ccc(F)cc1C. The summed E-state index contributed by atoms with van der Waals surface area (Å²) < 4.78 is 12.8. The Balaban J connectivity index is 2.90. The van der Waals surface area contributed by atoms with Crippen LogP contribution in [0.5, 0.6) is 0 Å². The number of anilines is 1. The molecule has 1 rings (SSSR count). The van der Waals surface area contributed by atoms with Gasteiger partial charge in [0.2, 0.25) is 0 Å². The van der Waals surface area contributed by atoms with Gasteiger partial charge in [-0.1, -0.05) is 0 Å². The second-order valence-electron chi connectivity index (χ2n) is 3.49. The number of nitrogens with zero attached hydrogens (tertiary/aromatic N) is 1. The van der Waals surface area contributed by atoms with Crippen molar-refractivity contribution in [2.45, 2.75) is 13.8 Å². The smallest absolute Gasteiger partial charge is 0.149 e. The maximum Gasteiger partial charge on any atom is 0.149 e. The number of aryl methyl sites for hydroxylation is 1. The quantitative estimate of drug-likeness (QED) is 0.736. The van der Waals surface area contributed by atoms with Crippen LogP contribution in [-0.2, 0) is 4.79 Å². The Morgan fingerprint density at radius 1 is 1.50 bits per heavy atom. The number of rotatable bonds is 3. The van der Waals surface area contributed by atoms with Crippen molar-refractivity contribution >= 4 is 11.5 Å². The third-order valence-corrected chi connectivity index (χ3v) is 2.03. The van der Waals surface area contributed by atoms with Gasteiger partial charge in [0.25, 0.3) is 0 Å². The minimum Gasteiger partial charge on any atom is -0.367 e. The fourth-order valence-electron chi connectivity index (χ4n) is 1.47. The van der Waals surface area contributed by atoms with Crippen LogP contribution in [0.25, 0.3) is 0 Å². The average Bonchev–Trinajstić information content (AvgIpc) is 2.01. The summed E-state index contributed by atoms with van der Waals surface area (Å²) in [6.45, 7) is 3.72. The molecule has 0 amide bonds. The van der Waals surface area contributed by atoms with Crippen LogP contribution in [0.4, 0.5) is 10.1 Å². The molecule has 0 aromatic heterocycles. The highest BCUT2D eigenvalue weighted by Gasteiger charge is 2.06. The highest BCUT2D eigenvalue weighted by Crippen LogP contribution is 2.19. The minimum atomic E-state index is -0.248. The summed E-state index contributed by atoms with van der Waals surface area (Å²) in [5.41, 5.74) is 1.73. The summed E-state index contributed by atoms with van der Waals surface area (Å²) in [5.74, 6) is -0.154. The fraction of sp³-hybridized carbons (Fsp3) is 0.364. The monoisotopic (exact) mass is 195 g/mol. The Morgan fingerprint density at radius 2 is 2.14 bits per heavy atom. The lowest BCUT2D eigenvalue weighted by Crippen LogP contribution is -2.24. The number of hydrogen-bond donors (Lipinski definition) is 0. The van der Waals surface area contributed by atoms with Gasteiger partial charge in [0, 0.05) is 12.7 Å². The molecule has 2 nitrogen and oxygen atoms in total. The van der Waals surface area contributed by atoms with Crippen LogP contribution in [0.15, 0.2) is 18.2 Å². The molecule has 0 atom stereocenters. The van der Waals surface area contributed by atoms with E-state index in [-0.39, 0.29) is 11.6 Å². The number of carbonyl (C=O) groups is 1. The van der Waals surface area contributed by atoms with Crippen molar-refractivity contribution < 1.29 is 9.18 Å². The fourth-order valence-corrected chi connectivity index (χ4v) is 1.47. The molecular weight excluding hydrogens is 181 g/mol. The van der Waals surface area contributed by atoms with Crippen LogP contribution in [0.2, 0.25) is 0 Å². The molecular formula is C11H14FNO. The number of ketones is 1. The zero-order chi connectivity index (χ0) is 10.7. The van der Waals surface area contributed by atoms with E-state index in [2.05, 4.69) is 0 Å². The van der Waals surface area contributed by atoms with Crippen molar-refractivity contribution in [1.82, 2.24) is 0 Å². The highest BCUT2D eigenvalue weighted by molar-refractivity contribution is 5.81. The molecule has 0 heterocycles. The molecule has 0 aliphatic rings. The minimum absolute atomic E-state index is 0.0937. The number of benzene rings is 1. The van der Waals surface area contributed by atoms with Gasteiger partial charge in [-0.15, -0.1) is 0 Å². The summed E-state index contributed by atoms with van der Waals surface area (Å²) in [7, 11) is 1.82. The summed E-state index contributed by atoms with van der Waals surface area (Å²) >= 11 is 0. The molecule has 0 N–H and O–H groups in total. The molecule has 0 aliphatic carbocycles. The van der Waals surface area contributed by atoms with Gasteiger partial charge in [0.05, 0.1) is 6.54 Å². The zero-order valence-electron chi connectivity index (χ0n) is 8.67. The molecule has 3 heteroatoms. The molecule has 1 aromatic carbocycles. The standard InChI is InChI=1S/C11H14FNO/c1-8-6-10(12)4-5-11(8)13(3)7-9(2)14/h4-6H,7H2,1-3H3. The van der Waals surface area contributed by atoms with E-state index in [0.717, 1.165) is 11.3 Å². The lowest BCUT2D eigenvalue weighted by molar-refractivity contribution is -0.115. The van der Waals surface area contributed by atoms with Crippen molar-refractivity contribution in [2.75, 3.05) is 18.5 Å². The number of carbonyl (C=O) groups excluding carboxylic acids is 1. The van der Waals surface area contributed by atoms with Gasteiger partial charge < -0.3 is 4.90 Å². The van der Waals surface area contributed by atoms with Crippen molar-refractivity contribution in [2.24, 2.45) is 0 Å². The number of Topliss-reactive ketones (excluding diaryl/α,β-unsaturated/α-hetero) is 1. The number of halogens is 1. The number of hydrogen-bond acceptors (Lipinski definition) is 2. The van der Waals surface area contributed by atoms with E-state index in [0.29, 0.717) is 6.54 Å². The van der Waals surface area contributed by atoms with E-state index in [1.807, 2.05) is 18.9 Å². The molecule has 0 spiro atoms. The Morgan fingerprint density at radius 3 is 2.64 bits per heavy atom. The van der Waals surface area contributed by atoms with Crippen LogP contribution in [0.3, 0.4) is 0 Å². The Hall–Kier alpha value is -1.38. The molecule has 76 valence electrons. The van der Waals surface area contributed by atoms with E-state index in [1.165, 1.54) is 19.1 Å². The molecule has 0 unspecified atom stereocenters. The second-order valence-corrected chi connectivity index (χ2v) is 3.49. The van der Waals surface area contributed by atoms with E-state index in [9.17, 15) is 9.18 Å². The normalized spacial score (nSPS) is 10.0. The van der Waals surface area contributed by atoms with Crippen molar-refractivity contribution in [3.63, 3.8) is 0 Å². The van der Waals surface area contributed by atoms with E-state index in [4.69, 9.17) is 0 Å². The lowest BCUT2D eigenvalue weighted by Gasteiger charge is -2.19. The van der Waals surface area contributed by atoms with E-state index in [1.54, 1.807) is 6.07 Å². The third-order valence-electron chi connectivity index (χ3n) is 2.03. The van der Waals surface area contributed by atoms with Crippen molar-refractivity contribution in [3.8, 4) is 0 Å². The maximum absolute atomic E-state index is 12.8.